The summed E-state index contributed by atoms with van der Waals surface area (Å²) in [6.07, 6.45) is 0.829. The second-order valence-corrected chi connectivity index (χ2v) is 4.29. The first kappa shape index (κ1) is 15.7. The van der Waals surface area contributed by atoms with Crippen molar-refractivity contribution in [1.82, 2.24) is 5.32 Å². The van der Waals surface area contributed by atoms with E-state index in [1.165, 1.54) is 6.07 Å². The molecule has 3 nitrogen and oxygen atoms in total. The van der Waals surface area contributed by atoms with E-state index in [2.05, 4.69) is 11.9 Å². The zero-order valence-corrected chi connectivity index (χ0v) is 11.7. The van der Waals surface area contributed by atoms with Crippen molar-refractivity contribution in [3.63, 3.8) is 0 Å². The molecule has 0 aliphatic heterocycles. The molecule has 0 amide bonds. The number of hydrogen-bond acceptors (Lipinski definition) is 3. The molecule has 1 N–H and O–H groups in total. The van der Waals surface area contributed by atoms with Gasteiger partial charge in [-0.25, -0.2) is 4.39 Å². The number of ether oxygens (including phenoxy) is 2. The summed E-state index contributed by atoms with van der Waals surface area (Å²) < 4.78 is 24.3. The molecule has 19 heavy (non-hydrogen) atoms. The van der Waals surface area contributed by atoms with E-state index in [1.807, 2.05) is 13.0 Å². The van der Waals surface area contributed by atoms with Crippen LogP contribution in [-0.4, -0.2) is 26.9 Å². The zero-order chi connectivity index (χ0) is 14.1. The van der Waals surface area contributed by atoms with Gasteiger partial charge >= 0.3 is 0 Å². The van der Waals surface area contributed by atoms with Gasteiger partial charge < -0.3 is 14.8 Å². The van der Waals surface area contributed by atoms with Gasteiger partial charge in [-0.3, -0.25) is 0 Å². The standard InChI is InChI=1S/C15H22FNO2/c1-4-12(2)11-19-15-13(6-5-7-14(15)16)10-17-8-9-18-3/h5-7,17H,2,4,8-11H2,1,3H3. The maximum atomic E-state index is 13.8. The van der Waals surface area contributed by atoms with Crippen molar-refractivity contribution in [3.05, 3.63) is 41.7 Å². The molecular weight excluding hydrogens is 245 g/mol. The summed E-state index contributed by atoms with van der Waals surface area (Å²) in [6.45, 7) is 8.09. The van der Waals surface area contributed by atoms with Crippen LogP contribution in [0.2, 0.25) is 0 Å². The molecule has 1 aromatic carbocycles. The van der Waals surface area contributed by atoms with Crippen molar-refractivity contribution < 1.29 is 13.9 Å². The fourth-order valence-corrected chi connectivity index (χ4v) is 1.53. The fourth-order valence-electron chi connectivity index (χ4n) is 1.53. The van der Waals surface area contributed by atoms with E-state index in [-0.39, 0.29) is 5.82 Å². The molecule has 1 rings (SSSR count). The molecule has 0 unspecified atom stereocenters. The smallest absolute Gasteiger partial charge is 0.165 e. The average molecular weight is 267 g/mol. The van der Waals surface area contributed by atoms with Gasteiger partial charge in [0.15, 0.2) is 11.6 Å². The van der Waals surface area contributed by atoms with Crippen LogP contribution in [0.3, 0.4) is 0 Å². The highest BCUT2D eigenvalue weighted by atomic mass is 19.1. The van der Waals surface area contributed by atoms with E-state index in [4.69, 9.17) is 9.47 Å². The quantitative estimate of drug-likeness (QED) is 0.551. The van der Waals surface area contributed by atoms with Crippen LogP contribution in [0.4, 0.5) is 4.39 Å². The van der Waals surface area contributed by atoms with Gasteiger partial charge in [-0.2, -0.15) is 0 Å². The van der Waals surface area contributed by atoms with Crippen LogP contribution in [-0.2, 0) is 11.3 Å². The molecule has 0 fully saturated rings. The van der Waals surface area contributed by atoms with Crippen LogP contribution in [0.15, 0.2) is 30.4 Å². The number of hydrogen-bond donors (Lipinski definition) is 1. The lowest BCUT2D eigenvalue weighted by Gasteiger charge is -2.13. The lowest BCUT2D eigenvalue weighted by atomic mass is 10.2. The Balaban J connectivity index is 2.63. The molecular formula is C15H22FNO2. The van der Waals surface area contributed by atoms with Crippen LogP contribution in [0.1, 0.15) is 18.9 Å². The van der Waals surface area contributed by atoms with Crippen LogP contribution in [0, 0.1) is 5.82 Å². The van der Waals surface area contributed by atoms with E-state index in [0.29, 0.717) is 32.1 Å². The summed E-state index contributed by atoms with van der Waals surface area (Å²) in [5.41, 5.74) is 1.75. The molecule has 0 radical (unpaired) electrons. The van der Waals surface area contributed by atoms with Gasteiger partial charge in [0, 0.05) is 25.8 Å². The molecule has 1 aromatic rings. The van der Waals surface area contributed by atoms with E-state index >= 15 is 0 Å². The predicted molar refractivity (Wildman–Crippen MR) is 74.9 cm³/mol. The Hall–Kier alpha value is -1.39. The van der Waals surface area contributed by atoms with Crippen LogP contribution >= 0.6 is 0 Å². The largest absolute Gasteiger partial charge is 0.486 e. The Kier molecular flexibility index (Phi) is 7.15. The van der Waals surface area contributed by atoms with Crippen molar-refractivity contribution in [3.8, 4) is 5.75 Å². The lowest BCUT2D eigenvalue weighted by Crippen LogP contribution is -2.19. The third kappa shape index (κ3) is 5.41. The Morgan fingerprint density at radius 3 is 2.89 bits per heavy atom. The molecule has 4 heteroatoms. The van der Waals surface area contributed by atoms with Gasteiger partial charge in [0.1, 0.15) is 6.61 Å². The minimum absolute atomic E-state index is 0.307. The minimum Gasteiger partial charge on any atom is -0.486 e. The summed E-state index contributed by atoms with van der Waals surface area (Å²) in [6, 6.07) is 4.94. The number of benzene rings is 1. The topological polar surface area (TPSA) is 30.5 Å². The zero-order valence-electron chi connectivity index (χ0n) is 11.7. The van der Waals surface area contributed by atoms with E-state index in [0.717, 1.165) is 17.6 Å². The maximum Gasteiger partial charge on any atom is 0.165 e. The van der Waals surface area contributed by atoms with Crippen LogP contribution < -0.4 is 10.1 Å². The highest BCUT2D eigenvalue weighted by Gasteiger charge is 2.09. The van der Waals surface area contributed by atoms with Gasteiger partial charge in [0.05, 0.1) is 6.61 Å². The van der Waals surface area contributed by atoms with Crippen molar-refractivity contribution in [1.29, 1.82) is 0 Å². The van der Waals surface area contributed by atoms with E-state index < -0.39 is 0 Å². The number of halogens is 1. The Morgan fingerprint density at radius 1 is 1.42 bits per heavy atom. The highest BCUT2D eigenvalue weighted by Crippen LogP contribution is 2.23. The molecule has 0 atom stereocenters. The summed E-state index contributed by atoms with van der Waals surface area (Å²) in [5, 5.41) is 3.18. The summed E-state index contributed by atoms with van der Waals surface area (Å²) in [7, 11) is 1.65. The van der Waals surface area contributed by atoms with E-state index in [9.17, 15) is 4.39 Å². The fraction of sp³-hybridized carbons (Fsp3) is 0.467. The molecule has 0 heterocycles. The third-order valence-corrected chi connectivity index (χ3v) is 2.77. The highest BCUT2D eigenvalue weighted by molar-refractivity contribution is 5.35. The number of para-hydroxylation sites is 1. The number of nitrogens with one attached hydrogen (secondary N) is 1. The molecule has 0 aliphatic rings. The van der Waals surface area contributed by atoms with Crippen molar-refractivity contribution >= 4 is 0 Å². The average Bonchev–Trinajstić information content (AvgIpc) is 2.42. The SMILES string of the molecule is C=C(CC)COc1c(F)cccc1CNCCOC. The summed E-state index contributed by atoms with van der Waals surface area (Å²) in [4.78, 5) is 0. The summed E-state index contributed by atoms with van der Waals surface area (Å²) >= 11 is 0. The first-order valence-electron chi connectivity index (χ1n) is 6.45. The molecule has 0 bridgehead atoms. The first-order valence-corrected chi connectivity index (χ1v) is 6.45. The normalized spacial score (nSPS) is 10.5. The van der Waals surface area contributed by atoms with Gasteiger partial charge in [-0.05, 0) is 18.1 Å². The Morgan fingerprint density at radius 2 is 2.21 bits per heavy atom. The Bertz CT molecular complexity index is 407. The third-order valence-electron chi connectivity index (χ3n) is 2.77. The number of methoxy groups -OCH3 is 1. The molecule has 0 spiro atoms. The predicted octanol–water partition coefficient (Wildman–Crippen LogP) is 2.91. The molecule has 0 saturated carbocycles. The van der Waals surface area contributed by atoms with Crippen molar-refractivity contribution in [2.75, 3.05) is 26.9 Å². The monoisotopic (exact) mass is 267 g/mol. The van der Waals surface area contributed by atoms with Gasteiger partial charge in [-0.15, -0.1) is 0 Å². The molecule has 0 aromatic heterocycles. The minimum atomic E-state index is -0.338. The lowest BCUT2D eigenvalue weighted by molar-refractivity contribution is 0.199. The number of rotatable bonds is 9. The molecule has 106 valence electrons. The van der Waals surface area contributed by atoms with Crippen LogP contribution in [0.25, 0.3) is 0 Å². The molecule has 0 aliphatic carbocycles. The Labute approximate surface area is 114 Å². The maximum absolute atomic E-state index is 13.8. The van der Waals surface area contributed by atoms with Gasteiger partial charge in [-0.1, -0.05) is 25.6 Å². The van der Waals surface area contributed by atoms with Gasteiger partial charge in [0.25, 0.3) is 0 Å². The van der Waals surface area contributed by atoms with E-state index in [1.54, 1.807) is 13.2 Å². The second kappa shape index (κ2) is 8.67. The van der Waals surface area contributed by atoms with Crippen molar-refractivity contribution in [2.45, 2.75) is 19.9 Å². The molecule has 0 saturated heterocycles. The second-order valence-electron chi connectivity index (χ2n) is 4.29. The first-order chi connectivity index (χ1) is 9.19. The van der Waals surface area contributed by atoms with Crippen LogP contribution in [0.5, 0.6) is 5.75 Å². The van der Waals surface area contributed by atoms with Crippen molar-refractivity contribution in [2.24, 2.45) is 0 Å². The van der Waals surface area contributed by atoms with Gasteiger partial charge in [0.2, 0.25) is 0 Å². The summed E-state index contributed by atoms with van der Waals surface area (Å²) in [5.74, 6) is -0.0306.